The summed E-state index contributed by atoms with van der Waals surface area (Å²) in [5, 5.41) is 0. The molecule has 0 unspecified atom stereocenters. The molecule has 14 heavy (non-hydrogen) atoms. The van der Waals surface area contributed by atoms with Crippen LogP contribution in [0.4, 0.5) is 0 Å². The molecule has 2 heteroatoms. The van der Waals surface area contributed by atoms with Crippen LogP contribution in [0.1, 0.15) is 32.4 Å². The van der Waals surface area contributed by atoms with Gasteiger partial charge < -0.3 is 4.39 Å². The topological polar surface area (TPSA) is 0 Å². The van der Waals surface area contributed by atoms with Gasteiger partial charge >= 0.3 is 0 Å². The first-order chi connectivity index (χ1) is 6.45. The van der Waals surface area contributed by atoms with E-state index in [4.69, 9.17) is 7.98 Å². The van der Waals surface area contributed by atoms with Crippen LogP contribution in [-0.4, -0.2) is 24.5 Å². The van der Waals surface area contributed by atoms with Crippen LogP contribution in [-0.2, 0) is 0 Å². The van der Waals surface area contributed by atoms with Crippen LogP contribution >= 0.6 is 0 Å². The highest BCUT2D eigenvalue weighted by Gasteiger charge is 2.48. The van der Waals surface area contributed by atoms with Gasteiger partial charge in [0.05, 0.1) is 6.54 Å². The largest absolute Gasteiger partial charge is 0.568 e. The summed E-state index contributed by atoms with van der Waals surface area (Å²) in [5.41, 5.74) is 1.51. The molecule has 1 aliphatic heterocycles. The summed E-state index contributed by atoms with van der Waals surface area (Å²) in [4.78, 5) is 0. The quantitative estimate of drug-likeness (QED) is 0.466. The van der Waals surface area contributed by atoms with Crippen molar-refractivity contribution in [2.75, 3.05) is 6.54 Å². The molecule has 0 aliphatic carbocycles. The summed E-state index contributed by atoms with van der Waals surface area (Å²) in [5.74, 6) is 0. The summed E-state index contributed by atoms with van der Waals surface area (Å²) in [6.45, 7) is 7.68. The maximum absolute atomic E-state index is 6.34. The van der Waals surface area contributed by atoms with E-state index in [1.54, 1.807) is 0 Å². The van der Waals surface area contributed by atoms with Crippen LogP contribution in [0.3, 0.4) is 0 Å². The first-order valence-corrected chi connectivity index (χ1v) is 5.16. The second-order valence-electron chi connectivity index (χ2n) is 5.21. The van der Waals surface area contributed by atoms with E-state index in [0.717, 1.165) is 6.54 Å². The smallest absolute Gasteiger partial charge is 0.114 e. The molecule has 1 saturated heterocycles. The third kappa shape index (κ3) is 1.38. The van der Waals surface area contributed by atoms with Gasteiger partial charge in [0.1, 0.15) is 6.04 Å². The summed E-state index contributed by atoms with van der Waals surface area (Å²) >= 11 is 0. The van der Waals surface area contributed by atoms with Gasteiger partial charge in [0, 0.05) is 11.1 Å². The second-order valence-corrected chi connectivity index (χ2v) is 5.21. The molecule has 0 aromatic heterocycles. The van der Waals surface area contributed by atoms with Crippen molar-refractivity contribution < 1.29 is 4.39 Å². The zero-order valence-corrected chi connectivity index (χ0v) is 9.20. The van der Waals surface area contributed by atoms with Crippen LogP contribution < -0.4 is 0 Å². The second kappa shape index (κ2) is 2.87. The van der Waals surface area contributed by atoms with Crippen LogP contribution in [0.15, 0.2) is 30.3 Å². The molecule has 1 nitrogen and oxygen atoms in total. The van der Waals surface area contributed by atoms with E-state index in [1.165, 1.54) is 5.56 Å². The predicted octanol–water partition coefficient (Wildman–Crippen LogP) is 2.44. The molecule has 1 aliphatic rings. The minimum Gasteiger partial charge on any atom is -0.568 e. The van der Waals surface area contributed by atoms with E-state index in [9.17, 15) is 0 Å². The van der Waals surface area contributed by atoms with Crippen molar-refractivity contribution in [2.45, 2.75) is 32.4 Å². The first-order valence-electron chi connectivity index (χ1n) is 5.16. The van der Waals surface area contributed by atoms with E-state index >= 15 is 0 Å². The molecule has 1 heterocycles. The maximum atomic E-state index is 6.34. The molecular weight excluding hydrogens is 169 g/mol. The van der Waals surface area contributed by atoms with Gasteiger partial charge in [0.15, 0.2) is 0 Å². The van der Waals surface area contributed by atoms with Gasteiger partial charge in [-0.1, -0.05) is 30.3 Å². The van der Waals surface area contributed by atoms with Crippen LogP contribution in [0, 0.1) is 0 Å². The van der Waals surface area contributed by atoms with Gasteiger partial charge in [-0.2, -0.15) is 0 Å². The van der Waals surface area contributed by atoms with Crippen molar-refractivity contribution in [1.29, 1.82) is 0 Å². The molecule has 0 spiro atoms. The van der Waals surface area contributed by atoms with E-state index in [-0.39, 0.29) is 5.54 Å². The van der Waals surface area contributed by atoms with Gasteiger partial charge in [-0.25, -0.2) is 7.98 Å². The van der Waals surface area contributed by atoms with E-state index in [2.05, 4.69) is 45.0 Å². The maximum Gasteiger partial charge on any atom is 0.114 e. The van der Waals surface area contributed by atoms with Gasteiger partial charge in [-0.15, -0.1) is 0 Å². The van der Waals surface area contributed by atoms with E-state index in [0.29, 0.717) is 10.4 Å². The number of benzene rings is 1. The standard InChI is InChI=1S/C12H17BN/c1-12(2,3)14(13)9-11(14)10-7-5-4-6-8-10/h4-8,11H,9H2,1-3H3/t11-,14-/m1/s1. The molecule has 0 amide bonds. The highest BCUT2D eigenvalue weighted by molar-refractivity contribution is 5.99. The van der Waals surface area contributed by atoms with Crippen molar-refractivity contribution >= 4 is 7.98 Å². The van der Waals surface area contributed by atoms with E-state index < -0.39 is 0 Å². The number of hydrogen-bond donors (Lipinski definition) is 0. The fourth-order valence-corrected chi connectivity index (χ4v) is 2.03. The highest BCUT2D eigenvalue weighted by Crippen LogP contribution is 2.48. The van der Waals surface area contributed by atoms with Crippen molar-refractivity contribution in [1.82, 2.24) is 0 Å². The van der Waals surface area contributed by atoms with Crippen molar-refractivity contribution in [3.8, 4) is 0 Å². The van der Waals surface area contributed by atoms with Gasteiger partial charge in [0.2, 0.25) is 0 Å². The van der Waals surface area contributed by atoms with Crippen molar-refractivity contribution in [3.05, 3.63) is 35.9 Å². The third-order valence-electron chi connectivity index (χ3n) is 3.33. The van der Waals surface area contributed by atoms with Gasteiger partial charge in [-0.3, -0.25) is 0 Å². The molecule has 0 bridgehead atoms. The fourth-order valence-electron chi connectivity index (χ4n) is 2.03. The Morgan fingerprint density at radius 1 is 1.21 bits per heavy atom. The Kier molecular flexibility index (Phi) is 2.00. The lowest BCUT2D eigenvalue weighted by molar-refractivity contribution is -0.751. The lowest BCUT2D eigenvalue weighted by Gasteiger charge is -2.44. The summed E-state index contributed by atoms with van der Waals surface area (Å²) in [6, 6.07) is 11.1. The lowest BCUT2D eigenvalue weighted by atomic mass is 10.00. The molecule has 73 valence electrons. The number of hydrogen-bond acceptors (Lipinski definition) is 0. The Morgan fingerprint density at radius 3 is 2.21 bits per heavy atom. The lowest BCUT2D eigenvalue weighted by Crippen LogP contribution is -2.42. The normalized spacial score (nSPS) is 31.6. The summed E-state index contributed by atoms with van der Waals surface area (Å²) in [7, 11) is 6.34. The zero-order chi connectivity index (χ0) is 10.4. The fraction of sp³-hybridized carbons (Fsp3) is 0.500. The molecule has 1 aromatic carbocycles. The Hall–Kier alpha value is -0.755. The average Bonchev–Trinajstić information content (AvgIpc) is 2.80. The Bertz CT molecular complexity index is 328. The molecule has 0 saturated carbocycles. The van der Waals surface area contributed by atoms with Crippen molar-refractivity contribution in [3.63, 3.8) is 0 Å². The third-order valence-corrected chi connectivity index (χ3v) is 3.33. The zero-order valence-electron chi connectivity index (χ0n) is 9.20. The number of nitrogens with zero attached hydrogens (tertiary/aromatic N) is 1. The summed E-state index contributed by atoms with van der Waals surface area (Å²) in [6.07, 6.45) is 0. The molecule has 1 aromatic rings. The number of quaternary nitrogens is 1. The molecular formula is C12H17BN. The molecule has 2 rings (SSSR count). The van der Waals surface area contributed by atoms with Crippen molar-refractivity contribution in [2.24, 2.45) is 0 Å². The molecule has 1 fully saturated rings. The Labute approximate surface area is 87.8 Å². The van der Waals surface area contributed by atoms with Crippen LogP contribution in [0.25, 0.3) is 0 Å². The minimum absolute atomic E-state index is 0.139. The minimum atomic E-state index is 0.139. The average molecular weight is 186 g/mol. The molecule has 2 atom stereocenters. The van der Waals surface area contributed by atoms with E-state index in [1.807, 2.05) is 6.07 Å². The predicted molar refractivity (Wildman–Crippen MR) is 59.8 cm³/mol. The Balaban J connectivity index is 2.21. The SMILES string of the molecule is [B-][N@+]1(C(C)(C)C)C[C@@H]1c1ccccc1. The van der Waals surface area contributed by atoms with Gasteiger partial charge in [-0.05, 0) is 20.8 Å². The highest BCUT2D eigenvalue weighted by atomic mass is 15.5. The van der Waals surface area contributed by atoms with Crippen LogP contribution in [0.5, 0.6) is 0 Å². The monoisotopic (exact) mass is 186 g/mol. The molecule has 0 N–H and O–H groups in total. The first kappa shape index (κ1) is 9.79. The van der Waals surface area contributed by atoms with Crippen LogP contribution in [0.2, 0.25) is 0 Å². The van der Waals surface area contributed by atoms with Gasteiger partial charge in [0.25, 0.3) is 0 Å². The Morgan fingerprint density at radius 2 is 1.79 bits per heavy atom. The molecule has 3 radical (unpaired) electrons. The number of rotatable bonds is 1. The summed E-state index contributed by atoms with van der Waals surface area (Å²) < 4.78 is 0.678.